The van der Waals surface area contributed by atoms with E-state index in [0.717, 1.165) is 9.59 Å². The first-order valence-electron chi connectivity index (χ1n) is 5.35. The van der Waals surface area contributed by atoms with Crippen LogP contribution in [0.1, 0.15) is 30.2 Å². The standard InChI is InChI=1S/C11H16ClNS2/c1-13-11(8-4-2-3-7-14-8)9-5-6-10(12)15-9/h5-6,8,11,13H,2-4,7H2,1H3. The maximum absolute atomic E-state index is 5.98. The summed E-state index contributed by atoms with van der Waals surface area (Å²) in [7, 11) is 2.05. The summed E-state index contributed by atoms with van der Waals surface area (Å²) >= 11 is 9.79. The molecule has 1 aromatic heterocycles. The molecule has 1 saturated heterocycles. The lowest BCUT2D eigenvalue weighted by Gasteiger charge is -2.28. The van der Waals surface area contributed by atoms with Crippen LogP contribution in [-0.2, 0) is 0 Å². The highest BCUT2D eigenvalue weighted by Gasteiger charge is 2.25. The van der Waals surface area contributed by atoms with Gasteiger partial charge in [0, 0.05) is 10.1 Å². The number of nitrogens with one attached hydrogen (secondary N) is 1. The molecule has 0 spiro atoms. The van der Waals surface area contributed by atoms with E-state index in [1.165, 1.54) is 29.9 Å². The van der Waals surface area contributed by atoms with Gasteiger partial charge in [-0.25, -0.2) is 0 Å². The Labute approximate surface area is 105 Å². The van der Waals surface area contributed by atoms with Gasteiger partial charge in [0.25, 0.3) is 0 Å². The van der Waals surface area contributed by atoms with Crippen LogP contribution >= 0.6 is 34.7 Å². The van der Waals surface area contributed by atoms with Gasteiger partial charge in [-0.1, -0.05) is 18.0 Å². The summed E-state index contributed by atoms with van der Waals surface area (Å²) in [5.41, 5.74) is 0. The monoisotopic (exact) mass is 261 g/mol. The smallest absolute Gasteiger partial charge is 0.0931 e. The molecule has 1 aliphatic rings. The highest BCUT2D eigenvalue weighted by molar-refractivity contribution is 8.00. The molecule has 0 bridgehead atoms. The summed E-state index contributed by atoms with van der Waals surface area (Å²) in [6, 6.07) is 4.63. The second-order valence-corrected chi connectivity index (χ2v) is 6.91. The van der Waals surface area contributed by atoms with E-state index in [4.69, 9.17) is 11.6 Å². The van der Waals surface area contributed by atoms with Gasteiger partial charge in [-0.3, -0.25) is 0 Å². The van der Waals surface area contributed by atoms with E-state index in [1.807, 2.05) is 13.1 Å². The van der Waals surface area contributed by atoms with E-state index in [2.05, 4.69) is 23.1 Å². The van der Waals surface area contributed by atoms with Crippen molar-refractivity contribution < 1.29 is 0 Å². The molecule has 1 nitrogen and oxygen atoms in total. The predicted octanol–water partition coefficient (Wildman–Crippen LogP) is 3.95. The van der Waals surface area contributed by atoms with Gasteiger partial charge in [0.05, 0.1) is 10.4 Å². The number of hydrogen-bond acceptors (Lipinski definition) is 3. The molecule has 2 rings (SSSR count). The Morgan fingerprint density at radius 3 is 2.87 bits per heavy atom. The molecule has 15 heavy (non-hydrogen) atoms. The van der Waals surface area contributed by atoms with Crippen LogP contribution in [0, 0.1) is 0 Å². The third-order valence-electron chi connectivity index (χ3n) is 2.80. The predicted molar refractivity (Wildman–Crippen MR) is 71.2 cm³/mol. The van der Waals surface area contributed by atoms with Gasteiger partial charge in [0.1, 0.15) is 0 Å². The van der Waals surface area contributed by atoms with Crippen LogP contribution in [0.4, 0.5) is 0 Å². The fourth-order valence-electron chi connectivity index (χ4n) is 2.04. The molecule has 1 fully saturated rings. The Bertz CT molecular complexity index is 307. The molecule has 0 radical (unpaired) electrons. The van der Waals surface area contributed by atoms with Crippen molar-refractivity contribution in [3.05, 3.63) is 21.3 Å². The molecule has 1 aromatic rings. The zero-order chi connectivity index (χ0) is 10.7. The van der Waals surface area contributed by atoms with Crippen LogP contribution in [-0.4, -0.2) is 18.1 Å². The fraction of sp³-hybridized carbons (Fsp3) is 0.636. The zero-order valence-electron chi connectivity index (χ0n) is 8.83. The Morgan fingerprint density at radius 2 is 2.33 bits per heavy atom. The highest BCUT2D eigenvalue weighted by Crippen LogP contribution is 2.37. The Hall–Kier alpha value is 0.300. The van der Waals surface area contributed by atoms with Crippen molar-refractivity contribution in [2.24, 2.45) is 0 Å². The summed E-state index contributed by atoms with van der Waals surface area (Å²) < 4.78 is 0.894. The normalized spacial score (nSPS) is 24.0. The van der Waals surface area contributed by atoms with Crippen molar-refractivity contribution >= 4 is 34.7 Å². The van der Waals surface area contributed by atoms with Crippen LogP contribution in [0.15, 0.2) is 12.1 Å². The van der Waals surface area contributed by atoms with Crippen molar-refractivity contribution in [1.29, 1.82) is 0 Å². The lowest BCUT2D eigenvalue weighted by Crippen LogP contribution is -2.28. The zero-order valence-corrected chi connectivity index (χ0v) is 11.2. The third kappa shape index (κ3) is 2.90. The van der Waals surface area contributed by atoms with Crippen molar-refractivity contribution in [2.75, 3.05) is 12.8 Å². The van der Waals surface area contributed by atoms with Crippen molar-refractivity contribution in [3.8, 4) is 0 Å². The molecule has 0 aromatic carbocycles. The molecule has 2 heterocycles. The second kappa shape index (κ2) is 5.58. The summed E-state index contributed by atoms with van der Waals surface area (Å²) in [4.78, 5) is 1.38. The molecular formula is C11H16ClNS2. The molecule has 84 valence electrons. The van der Waals surface area contributed by atoms with E-state index in [-0.39, 0.29) is 0 Å². The molecule has 4 heteroatoms. The first kappa shape index (κ1) is 11.8. The van der Waals surface area contributed by atoms with E-state index in [0.29, 0.717) is 6.04 Å². The maximum atomic E-state index is 5.98. The van der Waals surface area contributed by atoms with E-state index in [9.17, 15) is 0 Å². The lowest BCUT2D eigenvalue weighted by molar-refractivity contribution is 0.522. The largest absolute Gasteiger partial charge is 0.311 e. The van der Waals surface area contributed by atoms with Gasteiger partial charge < -0.3 is 5.32 Å². The van der Waals surface area contributed by atoms with Gasteiger partial charge in [0.2, 0.25) is 0 Å². The summed E-state index contributed by atoms with van der Waals surface area (Å²) in [5.74, 6) is 1.31. The minimum absolute atomic E-state index is 0.479. The van der Waals surface area contributed by atoms with Gasteiger partial charge >= 0.3 is 0 Å². The Kier molecular flexibility index (Phi) is 4.38. The first-order chi connectivity index (χ1) is 7.31. The average molecular weight is 262 g/mol. The van der Waals surface area contributed by atoms with Crippen LogP contribution in [0.2, 0.25) is 4.34 Å². The molecule has 1 N–H and O–H groups in total. The third-order valence-corrected chi connectivity index (χ3v) is 5.57. The molecule has 2 unspecified atom stereocenters. The number of thiophene rings is 1. The van der Waals surface area contributed by atoms with Crippen LogP contribution in [0.5, 0.6) is 0 Å². The maximum Gasteiger partial charge on any atom is 0.0931 e. The molecule has 0 saturated carbocycles. The molecule has 0 aliphatic carbocycles. The van der Waals surface area contributed by atoms with E-state index in [1.54, 1.807) is 11.3 Å². The SMILES string of the molecule is CNC(c1ccc(Cl)s1)C1CCCCS1. The fourth-order valence-corrected chi connectivity index (χ4v) is 4.84. The second-order valence-electron chi connectivity index (χ2n) is 3.81. The van der Waals surface area contributed by atoms with Gasteiger partial charge in [-0.15, -0.1) is 11.3 Å². The van der Waals surface area contributed by atoms with Crippen molar-refractivity contribution in [2.45, 2.75) is 30.6 Å². The summed E-state index contributed by atoms with van der Waals surface area (Å²) in [6.45, 7) is 0. The average Bonchev–Trinajstić information content (AvgIpc) is 2.68. The molecular weight excluding hydrogens is 246 g/mol. The first-order valence-corrected chi connectivity index (χ1v) is 7.59. The van der Waals surface area contributed by atoms with Gasteiger partial charge in [-0.2, -0.15) is 11.8 Å². The summed E-state index contributed by atoms with van der Waals surface area (Å²) in [5, 5.41) is 4.15. The van der Waals surface area contributed by atoms with Gasteiger partial charge in [0.15, 0.2) is 0 Å². The topological polar surface area (TPSA) is 12.0 Å². The Balaban J connectivity index is 2.08. The number of rotatable bonds is 3. The van der Waals surface area contributed by atoms with Crippen molar-refractivity contribution in [1.82, 2.24) is 5.32 Å². The molecule has 1 aliphatic heterocycles. The molecule has 2 atom stereocenters. The molecule has 0 amide bonds. The highest BCUT2D eigenvalue weighted by atomic mass is 35.5. The van der Waals surface area contributed by atoms with Crippen LogP contribution in [0.3, 0.4) is 0 Å². The van der Waals surface area contributed by atoms with Crippen LogP contribution < -0.4 is 5.32 Å². The minimum Gasteiger partial charge on any atom is -0.311 e. The van der Waals surface area contributed by atoms with Crippen molar-refractivity contribution in [3.63, 3.8) is 0 Å². The minimum atomic E-state index is 0.479. The number of thioether (sulfide) groups is 1. The Morgan fingerprint density at radius 1 is 1.47 bits per heavy atom. The number of halogens is 1. The van der Waals surface area contributed by atoms with E-state index < -0.39 is 0 Å². The quantitative estimate of drug-likeness (QED) is 0.884. The lowest BCUT2D eigenvalue weighted by atomic mass is 10.1. The van der Waals surface area contributed by atoms with Gasteiger partial charge in [-0.05, 0) is 37.8 Å². The summed E-state index contributed by atoms with van der Waals surface area (Å²) in [6.07, 6.45) is 4.07. The van der Waals surface area contributed by atoms with E-state index >= 15 is 0 Å². The van der Waals surface area contributed by atoms with Crippen LogP contribution in [0.25, 0.3) is 0 Å². The number of hydrogen-bond donors (Lipinski definition) is 1.